The fourth-order valence-electron chi connectivity index (χ4n) is 4.12. The third kappa shape index (κ3) is 1.66. The number of fused-ring (bicyclic) bond motifs is 5. The van der Waals surface area contributed by atoms with Crippen molar-refractivity contribution in [1.82, 2.24) is 9.88 Å². The first-order valence-corrected chi connectivity index (χ1v) is 7.57. The first kappa shape index (κ1) is 11.5. The van der Waals surface area contributed by atoms with E-state index in [1.807, 2.05) is 0 Å². The summed E-state index contributed by atoms with van der Waals surface area (Å²) >= 11 is 0. The topological polar surface area (TPSA) is 19.0 Å². The fraction of sp³-hybridized carbons (Fsp3) is 0.529. The van der Waals surface area contributed by atoms with Gasteiger partial charge >= 0.3 is 0 Å². The molecule has 1 aliphatic carbocycles. The Kier molecular flexibility index (Phi) is 2.49. The Morgan fingerprint density at radius 2 is 2.05 bits per heavy atom. The molecule has 1 aromatic heterocycles. The van der Waals surface area contributed by atoms with Crippen LogP contribution in [0.3, 0.4) is 0 Å². The normalized spacial score (nSPS) is 26.9. The number of hydrogen-bond donors (Lipinski definition) is 1. The van der Waals surface area contributed by atoms with Crippen LogP contribution in [-0.2, 0) is 6.42 Å². The number of aromatic nitrogens is 1. The van der Waals surface area contributed by atoms with Crippen LogP contribution in [0.2, 0.25) is 0 Å². The van der Waals surface area contributed by atoms with Crippen molar-refractivity contribution in [2.75, 3.05) is 13.1 Å². The van der Waals surface area contributed by atoms with Gasteiger partial charge in [-0.15, -0.1) is 0 Å². The van der Waals surface area contributed by atoms with Gasteiger partial charge in [-0.3, -0.25) is 0 Å². The van der Waals surface area contributed by atoms with Crippen LogP contribution in [0.1, 0.15) is 37.4 Å². The summed E-state index contributed by atoms with van der Waals surface area (Å²) in [7, 11) is 0. The molecule has 1 aromatic carbocycles. The number of likely N-dealkylation sites (tertiary alicyclic amines) is 1. The van der Waals surface area contributed by atoms with Gasteiger partial charge in [0.05, 0.1) is 0 Å². The molecule has 0 bridgehead atoms. The number of para-hydroxylation sites is 1. The molecule has 2 aliphatic rings. The van der Waals surface area contributed by atoms with E-state index in [4.69, 9.17) is 0 Å². The van der Waals surface area contributed by atoms with Crippen LogP contribution in [0.25, 0.3) is 10.9 Å². The quantitative estimate of drug-likeness (QED) is 0.824. The van der Waals surface area contributed by atoms with Crippen LogP contribution < -0.4 is 0 Å². The molecule has 1 saturated heterocycles. The van der Waals surface area contributed by atoms with Gasteiger partial charge in [0.2, 0.25) is 0 Å². The Labute approximate surface area is 114 Å². The highest BCUT2D eigenvalue weighted by Gasteiger charge is 2.39. The predicted molar refractivity (Wildman–Crippen MR) is 79.6 cm³/mol. The van der Waals surface area contributed by atoms with Crippen LogP contribution in [0.4, 0.5) is 0 Å². The van der Waals surface area contributed by atoms with Gasteiger partial charge in [0.1, 0.15) is 0 Å². The van der Waals surface area contributed by atoms with Crippen LogP contribution in [-0.4, -0.2) is 29.0 Å². The number of benzene rings is 1. The van der Waals surface area contributed by atoms with Crippen molar-refractivity contribution in [2.45, 2.75) is 38.6 Å². The lowest BCUT2D eigenvalue weighted by molar-refractivity contribution is 0.263. The monoisotopic (exact) mass is 254 g/mol. The molecule has 4 rings (SSSR count). The van der Waals surface area contributed by atoms with Crippen molar-refractivity contribution in [3.8, 4) is 0 Å². The summed E-state index contributed by atoms with van der Waals surface area (Å²) in [6, 6.07) is 9.51. The SMILES string of the molecule is CC(C)N1C[C@@H]2CCc3[nH]c4ccccc4c3[C@@H]2C1. The highest BCUT2D eigenvalue weighted by atomic mass is 15.2. The number of hydrogen-bond acceptors (Lipinski definition) is 1. The molecule has 2 heteroatoms. The van der Waals surface area contributed by atoms with Gasteiger partial charge in [0.25, 0.3) is 0 Å². The first-order chi connectivity index (χ1) is 9.24. The minimum atomic E-state index is 0.680. The molecule has 0 spiro atoms. The summed E-state index contributed by atoms with van der Waals surface area (Å²) in [6.45, 7) is 7.19. The largest absolute Gasteiger partial charge is 0.358 e. The highest BCUT2D eigenvalue weighted by Crippen LogP contribution is 2.44. The van der Waals surface area contributed by atoms with E-state index < -0.39 is 0 Å². The van der Waals surface area contributed by atoms with Crippen molar-refractivity contribution >= 4 is 10.9 Å². The van der Waals surface area contributed by atoms with Gasteiger partial charge in [-0.05, 0) is 44.2 Å². The Balaban J connectivity index is 1.81. The molecular formula is C17H22N2. The summed E-state index contributed by atoms with van der Waals surface area (Å²) in [5.41, 5.74) is 4.47. The van der Waals surface area contributed by atoms with Crippen molar-refractivity contribution in [3.63, 3.8) is 0 Å². The molecule has 2 atom stereocenters. The average molecular weight is 254 g/mol. The molecule has 1 N–H and O–H groups in total. The van der Waals surface area contributed by atoms with Crippen molar-refractivity contribution < 1.29 is 0 Å². The maximum absolute atomic E-state index is 3.65. The summed E-state index contributed by atoms with van der Waals surface area (Å²) in [6.07, 6.45) is 2.59. The molecule has 2 aromatic rings. The summed E-state index contributed by atoms with van der Waals surface area (Å²) in [5, 5.41) is 1.47. The van der Waals surface area contributed by atoms with E-state index in [0.29, 0.717) is 6.04 Å². The zero-order valence-electron chi connectivity index (χ0n) is 11.8. The van der Waals surface area contributed by atoms with Gasteiger partial charge in [0.15, 0.2) is 0 Å². The summed E-state index contributed by atoms with van der Waals surface area (Å²) < 4.78 is 0. The number of rotatable bonds is 1. The Hall–Kier alpha value is -1.28. The lowest BCUT2D eigenvalue weighted by atomic mass is 9.79. The highest BCUT2D eigenvalue weighted by molar-refractivity contribution is 5.85. The van der Waals surface area contributed by atoms with Gasteiger partial charge < -0.3 is 9.88 Å². The molecule has 1 fully saturated rings. The van der Waals surface area contributed by atoms with E-state index in [1.165, 1.54) is 42.5 Å². The van der Waals surface area contributed by atoms with E-state index in [-0.39, 0.29) is 0 Å². The third-order valence-electron chi connectivity index (χ3n) is 5.16. The number of nitrogens with zero attached hydrogens (tertiary/aromatic N) is 1. The molecule has 100 valence electrons. The molecule has 2 nitrogen and oxygen atoms in total. The molecule has 1 aliphatic heterocycles. The number of H-pyrrole nitrogens is 1. The molecule has 0 amide bonds. The van der Waals surface area contributed by atoms with Crippen molar-refractivity contribution in [3.05, 3.63) is 35.5 Å². The average Bonchev–Trinajstić information content (AvgIpc) is 2.98. The van der Waals surface area contributed by atoms with Gasteiger partial charge in [-0.1, -0.05) is 18.2 Å². The molecule has 0 unspecified atom stereocenters. The lowest BCUT2D eigenvalue weighted by Gasteiger charge is -2.24. The van der Waals surface area contributed by atoms with Crippen molar-refractivity contribution in [1.29, 1.82) is 0 Å². The van der Waals surface area contributed by atoms with Crippen LogP contribution in [0.5, 0.6) is 0 Å². The zero-order valence-corrected chi connectivity index (χ0v) is 11.8. The number of nitrogens with one attached hydrogen (secondary N) is 1. The lowest BCUT2D eigenvalue weighted by Crippen LogP contribution is -2.28. The second-order valence-corrected chi connectivity index (χ2v) is 6.52. The van der Waals surface area contributed by atoms with Gasteiger partial charge in [-0.2, -0.15) is 0 Å². The first-order valence-electron chi connectivity index (χ1n) is 7.57. The number of aryl methyl sites for hydroxylation is 1. The fourth-order valence-corrected chi connectivity index (χ4v) is 4.12. The zero-order chi connectivity index (χ0) is 13.0. The summed E-state index contributed by atoms with van der Waals surface area (Å²) in [5.74, 6) is 1.62. The third-order valence-corrected chi connectivity index (χ3v) is 5.16. The van der Waals surface area contributed by atoms with Gasteiger partial charge in [-0.25, -0.2) is 0 Å². The molecule has 0 radical (unpaired) electrons. The van der Waals surface area contributed by atoms with Crippen LogP contribution in [0.15, 0.2) is 24.3 Å². The van der Waals surface area contributed by atoms with E-state index in [1.54, 1.807) is 5.56 Å². The van der Waals surface area contributed by atoms with Crippen LogP contribution in [0, 0.1) is 5.92 Å². The maximum atomic E-state index is 3.65. The molecule has 19 heavy (non-hydrogen) atoms. The minimum absolute atomic E-state index is 0.680. The van der Waals surface area contributed by atoms with E-state index in [2.05, 4.69) is 48.0 Å². The molecular weight excluding hydrogens is 232 g/mol. The second kappa shape index (κ2) is 4.11. The molecule has 0 saturated carbocycles. The Morgan fingerprint density at radius 3 is 2.89 bits per heavy atom. The van der Waals surface area contributed by atoms with E-state index in [9.17, 15) is 0 Å². The Bertz CT molecular complexity index is 611. The number of aromatic amines is 1. The van der Waals surface area contributed by atoms with Crippen LogP contribution >= 0.6 is 0 Å². The van der Waals surface area contributed by atoms with Crippen molar-refractivity contribution in [2.24, 2.45) is 5.92 Å². The summed E-state index contributed by atoms with van der Waals surface area (Å²) in [4.78, 5) is 6.31. The van der Waals surface area contributed by atoms with Gasteiger partial charge in [0, 0.05) is 41.6 Å². The maximum Gasteiger partial charge on any atom is 0.0459 e. The predicted octanol–water partition coefficient (Wildman–Crippen LogP) is 3.54. The minimum Gasteiger partial charge on any atom is -0.358 e. The Morgan fingerprint density at radius 1 is 1.21 bits per heavy atom. The second-order valence-electron chi connectivity index (χ2n) is 6.52. The van der Waals surface area contributed by atoms with E-state index in [0.717, 1.165) is 11.8 Å². The van der Waals surface area contributed by atoms with E-state index >= 15 is 0 Å². The smallest absolute Gasteiger partial charge is 0.0459 e. The standard InChI is InChI=1S/C17H22N2/c1-11(2)19-9-12-7-8-16-17(14(12)10-19)13-5-3-4-6-15(13)18-16/h3-6,11-12,14,18H,7-10H2,1-2H3/t12-,14+/m0/s1. The molecule has 2 heterocycles.